The van der Waals surface area contributed by atoms with Crippen LogP contribution in [-0.2, 0) is 4.57 Å². The summed E-state index contributed by atoms with van der Waals surface area (Å²) >= 11 is 0. The highest BCUT2D eigenvalue weighted by atomic mass is 31.1. The van der Waals surface area contributed by atoms with Crippen molar-refractivity contribution >= 4 is 13.4 Å². The Bertz CT molecular complexity index is 232. The molecule has 0 fully saturated rings. The summed E-state index contributed by atoms with van der Waals surface area (Å²) < 4.78 is 15.2. The van der Waals surface area contributed by atoms with E-state index in [9.17, 15) is 4.57 Å². The second-order valence-corrected chi connectivity index (χ2v) is 3.01. The summed E-state index contributed by atoms with van der Waals surface area (Å²) in [6, 6.07) is 0. The SMILES string of the molecule is Cc1nc([P+](C)=O)no1. The molecule has 0 bridgehead atoms. The zero-order chi connectivity index (χ0) is 6.85. The summed E-state index contributed by atoms with van der Waals surface area (Å²) in [6.45, 7) is 3.20. The van der Waals surface area contributed by atoms with Gasteiger partial charge in [-0.15, -0.1) is 4.98 Å². The van der Waals surface area contributed by atoms with Gasteiger partial charge in [0.1, 0.15) is 6.66 Å². The molecule has 0 saturated heterocycles. The average Bonchev–Trinajstić information content (AvgIpc) is 2.14. The molecule has 48 valence electrons. The predicted octanol–water partition coefficient (Wildman–Crippen LogP) is 0.461. The van der Waals surface area contributed by atoms with Gasteiger partial charge in [0, 0.05) is 6.92 Å². The van der Waals surface area contributed by atoms with Crippen LogP contribution in [0.1, 0.15) is 5.89 Å². The Morgan fingerprint density at radius 3 is 2.56 bits per heavy atom. The summed E-state index contributed by atoms with van der Waals surface area (Å²) in [5.74, 6) is 0.454. The van der Waals surface area contributed by atoms with Crippen LogP contribution >= 0.6 is 7.80 Å². The first-order valence-corrected chi connectivity index (χ1v) is 4.12. The van der Waals surface area contributed by atoms with Gasteiger partial charge in [-0.2, -0.15) is 0 Å². The summed E-state index contributed by atoms with van der Waals surface area (Å²) in [4.78, 5) is 3.75. The maximum atomic E-state index is 10.6. The Balaban J connectivity index is 2.98. The molecule has 1 atom stereocenters. The number of hydrogen-bond acceptors (Lipinski definition) is 4. The molecular weight excluding hydrogens is 139 g/mol. The third kappa shape index (κ3) is 1.33. The van der Waals surface area contributed by atoms with E-state index >= 15 is 0 Å². The molecular formula is C4H6N2O2P+. The van der Waals surface area contributed by atoms with Crippen LogP contribution in [0.5, 0.6) is 0 Å². The third-order valence-electron chi connectivity index (χ3n) is 0.799. The van der Waals surface area contributed by atoms with Gasteiger partial charge in [0.05, 0.1) is 0 Å². The lowest BCUT2D eigenvalue weighted by atomic mass is 10.8. The van der Waals surface area contributed by atoms with Crippen LogP contribution in [0.15, 0.2) is 4.52 Å². The minimum atomic E-state index is -1.44. The zero-order valence-electron chi connectivity index (χ0n) is 5.16. The molecule has 1 heterocycles. The number of aryl methyl sites for hydroxylation is 1. The molecule has 0 aromatic carbocycles. The van der Waals surface area contributed by atoms with E-state index in [4.69, 9.17) is 0 Å². The van der Waals surface area contributed by atoms with Crippen molar-refractivity contribution in [3.05, 3.63) is 5.89 Å². The molecule has 1 rings (SSSR count). The predicted molar refractivity (Wildman–Crippen MR) is 32.2 cm³/mol. The normalized spacial score (nSPS) is 11.6. The monoisotopic (exact) mass is 145 g/mol. The van der Waals surface area contributed by atoms with Crippen molar-refractivity contribution in [1.82, 2.24) is 10.1 Å². The van der Waals surface area contributed by atoms with Crippen LogP contribution in [0, 0.1) is 6.92 Å². The molecule has 0 aliphatic heterocycles. The molecule has 0 spiro atoms. The van der Waals surface area contributed by atoms with Gasteiger partial charge in [0.15, 0.2) is 0 Å². The van der Waals surface area contributed by atoms with Gasteiger partial charge < -0.3 is 4.52 Å². The summed E-state index contributed by atoms with van der Waals surface area (Å²) in [6.07, 6.45) is 0. The lowest BCUT2D eigenvalue weighted by Crippen LogP contribution is -1.99. The molecule has 0 amide bonds. The third-order valence-corrected chi connectivity index (χ3v) is 1.54. The quantitative estimate of drug-likeness (QED) is 0.538. The zero-order valence-corrected chi connectivity index (χ0v) is 6.05. The van der Waals surface area contributed by atoms with Crippen molar-refractivity contribution in [2.45, 2.75) is 6.92 Å². The van der Waals surface area contributed by atoms with E-state index in [1.807, 2.05) is 0 Å². The molecule has 5 heteroatoms. The highest BCUT2D eigenvalue weighted by Crippen LogP contribution is 2.09. The summed E-state index contributed by atoms with van der Waals surface area (Å²) in [5, 5.41) is 3.45. The van der Waals surface area contributed by atoms with Crippen molar-refractivity contribution in [2.75, 3.05) is 6.66 Å². The maximum absolute atomic E-state index is 10.6. The van der Waals surface area contributed by atoms with E-state index in [1.165, 1.54) is 0 Å². The van der Waals surface area contributed by atoms with Gasteiger partial charge in [-0.1, -0.05) is 4.57 Å². The van der Waals surface area contributed by atoms with Crippen molar-refractivity contribution in [1.29, 1.82) is 0 Å². The molecule has 0 radical (unpaired) electrons. The standard InChI is InChI=1S/C4H6N2O2P/c1-3-5-4(6-8-3)9(2)7/h1-2H3/q+1. The smallest absolute Gasteiger partial charge is 0.336 e. The van der Waals surface area contributed by atoms with E-state index in [0.717, 1.165) is 0 Å². The molecule has 0 N–H and O–H groups in total. The Morgan fingerprint density at radius 1 is 1.67 bits per heavy atom. The van der Waals surface area contributed by atoms with Crippen LogP contribution in [0.3, 0.4) is 0 Å². The van der Waals surface area contributed by atoms with Crippen LogP contribution in [-0.4, -0.2) is 16.8 Å². The van der Waals surface area contributed by atoms with Crippen LogP contribution in [0.25, 0.3) is 0 Å². The number of hydrogen-bond donors (Lipinski definition) is 0. The van der Waals surface area contributed by atoms with E-state index in [1.54, 1.807) is 13.6 Å². The van der Waals surface area contributed by atoms with Crippen LogP contribution in [0.4, 0.5) is 0 Å². The number of nitrogens with zero attached hydrogens (tertiary/aromatic N) is 2. The lowest BCUT2D eigenvalue weighted by molar-refractivity contribution is 0.396. The van der Waals surface area contributed by atoms with Gasteiger partial charge in [-0.3, -0.25) is 0 Å². The van der Waals surface area contributed by atoms with Crippen molar-refractivity contribution in [3.8, 4) is 0 Å². The fourth-order valence-electron chi connectivity index (χ4n) is 0.416. The van der Waals surface area contributed by atoms with Gasteiger partial charge in [-0.05, 0) is 5.16 Å². The van der Waals surface area contributed by atoms with Gasteiger partial charge in [-0.25, -0.2) is 0 Å². The topological polar surface area (TPSA) is 56.0 Å². The first kappa shape index (κ1) is 6.36. The van der Waals surface area contributed by atoms with Crippen molar-refractivity contribution in [3.63, 3.8) is 0 Å². The average molecular weight is 145 g/mol. The maximum Gasteiger partial charge on any atom is 0.418 e. The Hall–Kier alpha value is -0.760. The largest absolute Gasteiger partial charge is 0.418 e. The second-order valence-electron chi connectivity index (χ2n) is 1.61. The Morgan fingerprint density at radius 2 is 2.33 bits per heavy atom. The summed E-state index contributed by atoms with van der Waals surface area (Å²) in [7, 11) is -1.44. The van der Waals surface area contributed by atoms with E-state index in [0.29, 0.717) is 11.5 Å². The molecule has 1 aromatic heterocycles. The minimum absolute atomic E-state index is 0.294. The van der Waals surface area contributed by atoms with Crippen molar-refractivity contribution in [2.24, 2.45) is 0 Å². The Labute approximate surface area is 53.1 Å². The van der Waals surface area contributed by atoms with Crippen LogP contribution < -0.4 is 5.57 Å². The van der Waals surface area contributed by atoms with Crippen molar-refractivity contribution < 1.29 is 9.09 Å². The fourth-order valence-corrected chi connectivity index (χ4v) is 0.854. The van der Waals surface area contributed by atoms with Gasteiger partial charge in [0.25, 0.3) is 0 Å². The minimum Gasteiger partial charge on any atom is -0.336 e. The number of rotatable bonds is 1. The van der Waals surface area contributed by atoms with Gasteiger partial charge in [0.2, 0.25) is 5.89 Å². The molecule has 9 heavy (non-hydrogen) atoms. The first-order valence-electron chi connectivity index (χ1n) is 2.41. The fraction of sp³-hybridized carbons (Fsp3) is 0.500. The number of aromatic nitrogens is 2. The van der Waals surface area contributed by atoms with E-state index in [2.05, 4.69) is 14.7 Å². The highest BCUT2D eigenvalue weighted by molar-refractivity contribution is 7.51. The lowest BCUT2D eigenvalue weighted by Gasteiger charge is -1.63. The summed E-state index contributed by atoms with van der Waals surface area (Å²) in [5.41, 5.74) is 0.294. The van der Waals surface area contributed by atoms with E-state index < -0.39 is 7.80 Å². The second kappa shape index (κ2) is 2.23. The molecule has 4 nitrogen and oxygen atoms in total. The molecule has 0 aliphatic rings. The Kier molecular flexibility index (Phi) is 1.58. The van der Waals surface area contributed by atoms with E-state index in [-0.39, 0.29) is 0 Å². The molecule has 1 aromatic rings. The molecule has 1 unspecified atom stereocenters. The molecule has 0 saturated carbocycles. The first-order chi connectivity index (χ1) is 4.20. The highest BCUT2D eigenvalue weighted by Gasteiger charge is 2.18. The van der Waals surface area contributed by atoms with Crippen LogP contribution in [0.2, 0.25) is 0 Å². The molecule has 0 aliphatic carbocycles. The van der Waals surface area contributed by atoms with Gasteiger partial charge >= 0.3 is 13.4 Å².